The Balaban J connectivity index is 2.14. The molecule has 0 aromatic carbocycles. The van der Waals surface area contributed by atoms with Gasteiger partial charge in [-0.05, 0) is 32.1 Å². The summed E-state index contributed by atoms with van der Waals surface area (Å²) in [4.78, 5) is 2.67. The van der Waals surface area contributed by atoms with Crippen LogP contribution in [0.4, 0.5) is 0 Å². The Morgan fingerprint density at radius 2 is 1.93 bits per heavy atom. The van der Waals surface area contributed by atoms with E-state index in [4.69, 9.17) is 0 Å². The molecule has 0 radical (unpaired) electrons. The van der Waals surface area contributed by atoms with Crippen LogP contribution in [0.15, 0.2) is 0 Å². The molecule has 1 aliphatic carbocycles. The van der Waals surface area contributed by atoms with Gasteiger partial charge in [-0.25, -0.2) is 0 Å². The van der Waals surface area contributed by atoms with E-state index in [0.29, 0.717) is 6.04 Å². The van der Waals surface area contributed by atoms with Gasteiger partial charge in [0.1, 0.15) is 0 Å². The highest BCUT2D eigenvalue weighted by Gasteiger charge is 2.28. The molecule has 2 heteroatoms. The quantitative estimate of drug-likeness (QED) is 0.665. The number of hydrogen-bond acceptors (Lipinski definition) is 2. The largest absolute Gasteiger partial charge is 0.313 e. The van der Waals surface area contributed by atoms with Gasteiger partial charge in [-0.2, -0.15) is 0 Å². The van der Waals surface area contributed by atoms with Gasteiger partial charge in [-0.1, -0.05) is 20.8 Å². The van der Waals surface area contributed by atoms with Gasteiger partial charge in [-0.3, -0.25) is 4.90 Å². The van der Waals surface area contributed by atoms with Gasteiger partial charge >= 0.3 is 0 Å². The second-order valence-electron chi connectivity index (χ2n) is 5.38. The van der Waals surface area contributed by atoms with Crippen molar-refractivity contribution >= 4 is 0 Å². The zero-order valence-corrected chi connectivity index (χ0v) is 10.9. The minimum absolute atomic E-state index is 0.671. The molecule has 1 rings (SSSR count). The zero-order valence-electron chi connectivity index (χ0n) is 10.9. The normalized spacial score (nSPS) is 18.8. The third-order valence-corrected chi connectivity index (χ3v) is 3.17. The van der Waals surface area contributed by atoms with E-state index in [-0.39, 0.29) is 0 Å². The van der Waals surface area contributed by atoms with Gasteiger partial charge in [0.2, 0.25) is 0 Å². The van der Waals surface area contributed by atoms with Crippen LogP contribution in [0.5, 0.6) is 0 Å². The van der Waals surface area contributed by atoms with Gasteiger partial charge in [0.05, 0.1) is 0 Å². The first-order valence-electron chi connectivity index (χ1n) is 6.61. The summed E-state index contributed by atoms with van der Waals surface area (Å²) in [6.45, 7) is 12.8. The Kier molecular flexibility index (Phi) is 5.62. The smallest absolute Gasteiger partial charge is 0.0110 e. The van der Waals surface area contributed by atoms with Crippen molar-refractivity contribution in [2.75, 3.05) is 19.6 Å². The molecule has 0 aromatic rings. The molecule has 0 heterocycles. The van der Waals surface area contributed by atoms with Crippen molar-refractivity contribution < 1.29 is 0 Å². The van der Waals surface area contributed by atoms with Gasteiger partial charge in [-0.15, -0.1) is 0 Å². The molecule has 0 aromatic heterocycles. The van der Waals surface area contributed by atoms with E-state index < -0.39 is 0 Å². The van der Waals surface area contributed by atoms with Crippen LogP contribution in [-0.2, 0) is 0 Å². The van der Waals surface area contributed by atoms with Gasteiger partial charge < -0.3 is 5.32 Å². The second kappa shape index (κ2) is 6.49. The molecular formula is C13H28N2. The zero-order chi connectivity index (χ0) is 11.3. The van der Waals surface area contributed by atoms with E-state index in [1.807, 2.05) is 0 Å². The first-order valence-corrected chi connectivity index (χ1v) is 6.61. The lowest BCUT2D eigenvalue weighted by Crippen LogP contribution is -2.38. The Morgan fingerprint density at radius 3 is 2.40 bits per heavy atom. The van der Waals surface area contributed by atoms with Crippen molar-refractivity contribution in [1.29, 1.82) is 0 Å². The summed E-state index contributed by atoms with van der Waals surface area (Å²) in [5.74, 6) is 0.800. The lowest BCUT2D eigenvalue weighted by atomic mass is 10.2. The third kappa shape index (κ3) is 5.53. The number of hydrogen-bond donors (Lipinski definition) is 1. The average Bonchev–Trinajstić information content (AvgIpc) is 2.98. The SMILES string of the molecule is CCC(C)NCCN(CC(C)C)C1CC1. The fourth-order valence-corrected chi connectivity index (χ4v) is 1.93. The van der Waals surface area contributed by atoms with Crippen LogP contribution in [0, 0.1) is 5.92 Å². The monoisotopic (exact) mass is 212 g/mol. The van der Waals surface area contributed by atoms with Gasteiger partial charge in [0.25, 0.3) is 0 Å². The molecule has 0 bridgehead atoms. The molecule has 15 heavy (non-hydrogen) atoms. The van der Waals surface area contributed by atoms with Gasteiger partial charge in [0.15, 0.2) is 0 Å². The third-order valence-electron chi connectivity index (χ3n) is 3.17. The van der Waals surface area contributed by atoms with E-state index in [1.54, 1.807) is 0 Å². The van der Waals surface area contributed by atoms with Crippen molar-refractivity contribution in [3.05, 3.63) is 0 Å². The summed E-state index contributed by atoms with van der Waals surface area (Å²) in [5, 5.41) is 3.58. The Hall–Kier alpha value is -0.0800. The van der Waals surface area contributed by atoms with Crippen LogP contribution in [0.2, 0.25) is 0 Å². The Labute approximate surface area is 95.4 Å². The maximum atomic E-state index is 3.58. The molecule has 2 nitrogen and oxygen atoms in total. The molecule has 1 fully saturated rings. The first-order chi connectivity index (χ1) is 7.13. The Bertz CT molecular complexity index is 164. The lowest BCUT2D eigenvalue weighted by Gasteiger charge is -2.25. The van der Waals surface area contributed by atoms with E-state index >= 15 is 0 Å². The van der Waals surface area contributed by atoms with E-state index in [9.17, 15) is 0 Å². The van der Waals surface area contributed by atoms with Gasteiger partial charge in [0, 0.05) is 31.7 Å². The van der Waals surface area contributed by atoms with Crippen molar-refractivity contribution in [2.24, 2.45) is 5.92 Å². The summed E-state index contributed by atoms with van der Waals surface area (Å²) in [5.41, 5.74) is 0. The molecule has 0 amide bonds. The predicted molar refractivity (Wildman–Crippen MR) is 67.2 cm³/mol. The second-order valence-corrected chi connectivity index (χ2v) is 5.38. The fourth-order valence-electron chi connectivity index (χ4n) is 1.93. The van der Waals surface area contributed by atoms with Crippen molar-refractivity contribution in [3.63, 3.8) is 0 Å². The minimum Gasteiger partial charge on any atom is -0.313 e. The van der Waals surface area contributed by atoms with E-state index in [1.165, 1.54) is 32.4 Å². The highest BCUT2D eigenvalue weighted by Crippen LogP contribution is 2.26. The molecule has 0 aliphatic heterocycles. The summed E-state index contributed by atoms with van der Waals surface area (Å²) in [6.07, 6.45) is 4.08. The molecular weight excluding hydrogens is 184 g/mol. The topological polar surface area (TPSA) is 15.3 Å². The van der Waals surface area contributed by atoms with Crippen LogP contribution >= 0.6 is 0 Å². The van der Waals surface area contributed by atoms with Crippen molar-refractivity contribution in [1.82, 2.24) is 10.2 Å². The van der Waals surface area contributed by atoms with Crippen LogP contribution in [0.25, 0.3) is 0 Å². The molecule has 1 saturated carbocycles. The number of nitrogens with zero attached hydrogens (tertiary/aromatic N) is 1. The summed E-state index contributed by atoms with van der Waals surface area (Å²) in [7, 11) is 0. The Morgan fingerprint density at radius 1 is 1.27 bits per heavy atom. The highest BCUT2D eigenvalue weighted by atomic mass is 15.2. The van der Waals surface area contributed by atoms with Crippen molar-refractivity contribution in [2.45, 2.75) is 59.0 Å². The maximum Gasteiger partial charge on any atom is 0.0110 e. The van der Waals surface area contributed by atoms with Crippen molar-refractivity contribution in [3.8, 4) is 0 Å². The van der Waals surface area contributed by atoms with Crippen LogP contribution < -0.4 is 5.32 Å². The molecule has 0 spiro atoms. The summed E-state index contributed by atoms with van der Waals surface area (Å²) >= 11 is 0. The molecule has 1 atom stereocenters. The predicted octanol–water partition coefficient (Wildman–Crippen LogP) is 2.49. The minimum atomic E-state index is 0.671. The molecule has 1 aliphatic rings. The standard InChI is InChI=1S/C13H28N2/c1-5-12(4)14-8-9-15(10-11(2)3)13-6-7-13/h11-14H,5-10H2,1-4H3. The fraction of sp³-hybridized carbons (Fsp3) is 1.00. The number of nitrogens with one attached hydrogen (secondary N) is 1. The van der Waals surface area contributed by atoms with Crippen LogP contribution in [0.3, 0.4) is 0 Å². The highest BCUT2D eigenvalue weighted by molar-refractivity contribution is 4.85. The first kappa shape index (κ1) is 13.0. The maximum absolute atomic E-state index is 3.58. The summed E-state index contributed by atoms with van der Waals surface area (Å²) in [6, 6.07) is 1.58. The molecule has 0 saturated heterocycles. The van der Waals surface area contributed by atoms with E-state index in [0.717, 1.165) is 18.5 Å². The lowest BCUT2D eigenvalue weighted by molar-refractivity contribution is 0.232. The van der Waals surface area contributed by atoms with Crippen LogP contribution in [0.1, 0.15) is 47.0 Å². The summed E-state index contributed by atoms with van der Waals surface area (Å²) < 4.78 is 0. The molecule has 1 unspecified atom stereocenters. The average molecular weight is 212 g/mol. The van der Waals surface area contributed by atoms with E-state index in [2.05, 4.69) is 37.9 Å². The van der Waals surface area contributed by atoms with Crippen LogP contribution in [-0.4, -0.2) is 36.6 Å². The molecule has 90 valence electrons. The molecule has 1 N–H and O–H groups in total. The number of rotatable bonds is 8.